The van der Waals surface area contributed by atoms with E-state index < -0.39 is 24.4 Å². The zero-order chi connectivity index (χ0) is 22.6. The summed E-state index contributed by atoms with van der Waals surface area (Å²) in [5.74, 6) is -1.00. The van der Waals surface area contributed by atoms with Gasteiger partial charge < -0.3 is 25.0 Å². The van der Waals surface area contributed by atoms with Crippen LogP contribution in [0, 0.1) is 17.8 Å². The summed E-state index contributed by atoms with van der Waals surface area (Å²) in [7, 11) is 3.25. The average molecular weight is 404 g/mol. The minimum Gasteiger partial charge on any atom is -0.424 e. The molecule has 0 saturated carbocycles. The van der Waals surface area contributed by atoms with Crippen LogP contribution in [0.1, 0.15) is 55.4 Å². The van der Waals surface area contributed by atoms with Crippen LogP contribution in [-0.4, -0.2) is 67.3 Å². The number of likely N-dealkylation sites (N-methyl/N-ethyl adjacent to an activating group) is 2. The Morgan fingerprint density at radius 2 is 1.29 bits per heavy atom. The minimum atomic E-state index is -1.02. The summed E-state index contributed by atoms with van der Waals surface area (Å²) in [5, 5.41) is 0. The van der Waals surface area contributed by atoms with Crippen molar-refractivity contribution in [2.75, 3.05) is 27.2 Å². The predicted molar refractivity (Wildman–Crippen MR) is 110 cm³/mol. The summed E-state index contributed by atoms with van der Waals surface area (Å²) in [6.45, 7) is 15.5. The lowest BCUT2D eigenvalue weighted by Crippen LogP contribution is -2.43. The number of esters is 1. The van der Waals surface area contributed by atoms with E-state index in [-0.39, 0.29) is 23.7 Å². The molecule has 166 valence electrons. The molecule has 2 amide bonds. The second kappa shape index (κ2) is 14.2. The van der Waals surface area contributed by atoms with Crippen LogP contribution < -0.4 is 5.73 Å². The molecule has 0 aliphatic rings. The lowest BCUT2D eigenvalue weighted by atomic mass is 10.1. The van der Waals surface area contributed by atoms with Gasteiger partial charge in [-0.1, -0.05) is 55.4 Å². The molecule has 0 spiro atoms. The molecule has 0 fully saturated rings. The summed E-state index contributed by atoms with van der Waals surface area (Å²) in [5.41, 5.74) is 5.77. The van der Waals surface area contributed by atoms with Crippen LogP contribution in [0.5, 0.6) is 0 Å². The first kappa shape index (κ1) is 28.4. The van der Waals surface area contributed by atoms with Crippen LogP contribution >= 0.6 is 0 Å². The van der Waals surface area contributed by atoms with Crippen molar-refractivity contribution in [2.45, 2.75) is 67.7 Å². The number of hydrogen-bond donors (Lipinski definition) is 1. The lowest BCUT2D eigenvalue weighted by Gasteiger charge is -2.27. The molecule has 0 aromatic rings. The average Bonchev–Trinajstić information content (AvgIpc) is 2.64. The van der Waals surface area contributed by atoms with Crippen molar-refractivity contribution < 1.29 is 23.9 Å². The van der Waals surface area contributed by atoms with Crippen LogP contribution in [0.3, 0.4) is 0 Å². The standard InChI is InChI=1S/C18H35N3O5.C2H6/c1-11(2)14(19)16(23)25-17(13(5)6)26-18(24)21(8)10-9-20(7)15(22)12(3)4;1-2/h11-14,17H,9-10,19H2,1-8H3;1-2H3. The summed E-state index contributed by atoms with van der Waals surface area (Å²) in [6.07, 6.45) is -1.64. The Morgan fingerprint density at radius 3 is 1.68 bits per heavy atom. The summed E-state index contributed by atoms with van der Waals surface area (Å²) in [6, 6.07) is -0.775. The second-order valence-electron chi connectivity index (χ2n) is 7.54. The highest BCUT2D eigenvalue weighted by atomic mass is 16.7. The topological polar surface area (TPSA) is 102 Å². The van der Waals surface area contributed by atoms with Crippen LogP contribution in [0.2, 0.25) is 0 Å². The molecule has 28 heavy (non-hydrogen) atoms. The number of hydrogen-bond acceptors (Lipinski definition) is 6. The van der Waals surface area contributed by atoms with Gasteiger partial charge in [0.1, 0.15) is 6.04 Å². The van der Waals surface area contributed by atoms with Crippen molar-refractivity contribution in [1.82, 2.24) is 9.80 Å². The quantitative estimate of drug-likeness (QED) is 0.469. The number of carbonyl (C=O) groups excluding carboxylic acids is 3. The zero-order valence-electron chi connectivity index (χ0n) is 19.3. The molecular formula is C20H41N3O5. The highest BCUT2D eigenvalue weighted by molar-refractivity contribution is 5.78. The Bertz CT molecular complexity index is 480. The molecule has 0 heterocycles. The molecule has 0 saturated heterocycles. The number of carbonyl (C=O) groups is 3. The minimum absolute atomic E-state index is 0.00317. The molecule has 0 bridgehead atoms. The number of ether oxygens (including phenoxy) is 2. The van der Waals surface area contributed by atoms with Crippen LogP contribution in [0.15, 0.2) is 0 Å². The Kier molecular flexibility index (Phi) is 14.4. The Balaban J connectivity index is 0. The molecule has 0 rings (SSSR count). The van der Waals surface area contributed by atoms with Crippen molar-refractivity contribution in [3.63, 3.8) is 0 Å². The van der Waals surface area contributed by atoms with Gasteiger partial charge in [-0.2, -0.15) is 0 Å². The smallest absolute Gasteiger partial charge is 0.412 e. The van der Waals surface area contributed by atoms with Crippen molar-refractivity contribution in [2.24, 2.45) is 23.5 Å². The molecule has 0 aromatic heterocycles. The lowest BCUT2D eigenvalue weighted by molar-refractivity contribution is -0.179. The third-order valence-electron chi connectivity index (χ3n) is 3.94. The fraction of sp³-hybridized carbons (Fsp3) is 0.850. The Hall–Kier alpha value is -1.83. The van der Waals surface area contributed by atoms with Crippen LogP contribution in [0.4, 0.5) is 4.79 Å². The van der Waals surface area contributed by atoms with E-state index in [1.165, 1.54) is 4.90 Å². The van der Waals surface area contributed by atoms with Gasteiger partial charge >= 0.3 is 12.1 Å². The van der Waals surface area contributed by atoms with Crippen LogP contribution in [-0.2, 0) is 19.1 Å². The van der Waals surface area contributed by atoms with Crippen molar-refractivity contribution in [1.29, 1.82) is 0 Å². The van der Waals surface area contributed by atoms with Crippen molar-refractivity contribution >= 4 is 18.0 Å². The van der Waals surface area contributed by atoms with Gasteiger partial charge in [-0.25, -0.2) is 4.79 Å². The SMILES string of the molecule is CC.CC(C)C(=O)N(C)CCN(C)C(=O)OC(OC(=O)C(N)C(C)C)C(C)C. The maximum Gasteiger partial charge on any atom is 0.412 e. The number of nitrogens with two attached hydrogens (primary N) is 1. The third kappa shape index (κ3) is 10.5. The highest BCUT2D eigenvalue weighted by Crippen LogP contribution is 2.13. The molecular weight excluding hydrogens is 362 g/mol. The van der Waals surface area contributed by atoms with Gasteiger partial charge in [0.2, 0.25) is 5.91 Å². The second-order valence-corrected chi connectivity index (χ2v) is 7.54. The van der Waals surface area contributed by atoms with Gasteiger partial charge in [0.25, 0.3) is 6.29 Å². The fourth-order valence-electron chi connectivity index (χ4n) is 1.89. The molecule has 2 N–H and O–H groups in total. The van der Waals surface area contributed by atoms with Gasteiger partial charge in [0.05, 0.1) is 0 Å². The van der Waals surface area contributed by atoms with E-state index >= 15 is 0 Å². The monoisotopic (exact) mass is 403 g/mol. The predicted octanol–water partition coefficient (Wildman–Crippen LogP) is 2.70. The first-order valence-corrected chi connectivity index (χ1v) is 10.0. The molecule has 8 nitrogen and oxygen atoms in total. The fourth-order valence-corrected chi connectivity index (χ4v) is 1.89. The van der Waals surface area contributed by atoms with Gasteiger partial charge in [-0.15, -0.1) is 0 Å². The molecule has 0 aliphatic heterocycles. The summed E-state index contributed by atoms with van der Waals surface area (Å²) < 4.78 is 10.6. The van der Waals surface area contributed by atoms with E-state index in [1.54, 1.807) is 32.8 Å². The summed E-state index contributed by atoms with van der Waals surface area (Å²) >= 11 is 0. The Labute approximate surface area is 170 Å². The maximum atomic E-state index is 12.2. The van der Waals surface area contributed by atoms with E-state index in [0.29, 0.717) is 13.1 Å². The molecule has 8 heteroatoms. The van der Waals surface area contributed by atoms with E-state index in [2.05, 4.69) is 0 Å². The third-order valence-corrected chi connectivity index (χ3v) is 3.94. The molecule has 2 unspecified atom stereocenters. The van der Waals surface area contributed by atoms with Gasteiger partial charge in [0.15, 0.2) is 0 Å². The maximum absolute atomic E-state index is 12.2. The Morgan fingerprint density at radius 1 is 0.821 bits per heavy atom. The van der Waals surface area contributed by atoms with E-state index in [0.717, 1.165) is 0 Å². The van der Waals surface area contributed by atoms with Gasteiger partial charge in [-0.3, -0.25) is 9.59 Å². The highest BCUT2D eigenvalue weighted by Gasteiger charge is 2.28. The number of amides is 2. The van der Waals surface area contributed by atoms with Crippen molar-refractivity contribution in [3.8, 4) is 0 Å². The van der Waals surface area contributed by atoms with E-state index in [9.17, 15) is 14.4 Å². The molecule has 0 aliphatic carbocycles. The molecule has 0 aromatic carbocycles. The van der Waals surface area contributed by atoms with Crippen LogP contribution in [0.25, 0.3) is 0 Å². The first-order chi connectivity index (χ1) is 12.9. The van der Waals surface area contributed by atoms with Gasteiger partial charge in [0, 0.05) is 39.0 Å². The molecule has 0 radical (unpaired) electrons. The number of nitrogens with zero attached hydrogens (tertiary/aromatic N) is 2. The summed E-state index contributed by atoms with van der Waals surface area (Å²) in [4.78, 5) is 39.0. The van der Waals surface area contributed by atoms with Gasteiger partial charge in [-0.05, 0) is 5.92 Å². The largest absolute Gasteiger partial charge is 0.424 e. The zero-order valence-corrected chi connectivity index (χ0v) is 19.3. The first-order valence-electron chi connectivity index (χ1n) is 10.0. The molecule has 2 atom stereocenters. The normalized spacial score (nSPS) is 12.8. The van der Waals surface area contributed by atoms with E-state index in [4.69, 9.17) is 15.2 Å². The number of rotatable bonds is 9. The van der Waals surface area contributed by atoms with Crippen molar-refractivity contribution in [3.05, 3.63) is 0 Å². The van der Waals surface area contributed by atoms with E-state index in [1.807, 2.05) is 41.5 Å².